The van der Waals surface area contributed by atoms with Crippen LogP contribution in [0.3, 0.4) is 0 Å². The van der Waals surface area contributed by atoms with E-state index in [9.17, 15) is 9.59 Å². The van der Waals surface area contributed by atoms with E-state index < -0.39 is 0 Å². The van der Waals surface area contributed by atoms with Gasteiger partial charge in [-0.15, -0.1) is 0 Å². The Morgan fingerprint density at radius 2 is 1.93 bits per heavy atom. The minimum atomic E-state index is -0.220. The second-order valence-electron chi connectivity index (χ2n) is 6.84. The molecule has 0 aliphatic carbocycles. The minimum Gasteiger partial charge on any atom is -0.494 e. The Labute approximate surface area is 175 Å². The summed E-state index contributed by atoms with van der Waals surface area (Å²) in [6, 6.07) is 14.1. The molecule has 2 amide bonds. The summed E-state index contributed by atoms with van der Waals surface area (Å²) in [7, 11) is 0. The first-order valence-corrected chi connectivity index (χ1v) is 10.2. The molecule has 1 fully saturated rings. The summed E-state index contributed by atoms with van der Waals surface area (Å²) in [6.07, 6.45) is 2.90. The molecule has 0 aromatic heterocycles. The SMILES string of the molecule is O=C(CCCOc1ccc(Cl)cc1)Nc1ccccc1C(=O)NC[C@H]1CCCO1. The second kappa shape index (κ2) is 10.8. The van der Waals surface area contributed by atoms with E-state index in [1.54, 1.807) is 48.5 Å². The summed E-state index contributed by atoms with van der Waals surface area (Å²) in [5.41, 5.74) is 0.942. The van der Waals surface area contributed by atoms with Gasteiger partial charge in [0.05, 0.1) is 24.0 Å². The number of para-hydroxylation sites is 1. The van der Waals surface area contributed by atoms with Crippen LogP contribution in [0.15, 0.2) is 48.5 Å². The third kappa shape index (κ3) is 6.76. The highest BCUT2D eigenvalue weighted by Crippen LogP contribution is 2.18. The molecule has 2 N–H and O–H groups in total. The van der Waals surface area contributed by atoms with Crippen molar-refractivity contribution in [2.75, 3.05) is 25.1 Å². The molecule has 0 bridgehead atoms. The molecule has 3 rings (SSSR count). The maximum absolute atomic E-state index is 12.5. The quantitative estimate of drug-likeness (QED) is 0.605. The summed E-state index contributed by atoms with van der Waals surface area (Å²) in [5.74, 6) is 0.328. The zero-order chi connectivity index (χ0) is 20.5. The molecule has 1 saturated heterocycles. The Hall–Kier alpha value is -2.57. The van der Waals surface area contributed by atoms with Crippen molar-refractivity contribution < 1.29 is 19.1 Å². The molecule has 29 heavy (non-hydrogen) atoms. The number of hydrogen-bond donors (Lipinski definition) is 2. The molecule has 1 aliphatic heterocycles. The molecule has 154 valence electrons. The van der Waals surface area contributed by atoms with Gasteiger partial charge in [0.15, 0.2) is 0 Å². The lowest BCUT2D eigenvalue weighted by atomic mass is 10.1. The molecule has 0 spiro atoms. The highest BCUT2D eigenvalue weighted by atomic mass is 35.5. The van der Waals surface area contributed by atoms with E-state index in [2.05, 4.69) is 10.6 Å². The number of amides is 2. The van der Waals surface area contributed by atoms with E-state index in [0.717, 1.165) is 19.4 Å². The largest absolute Gasteiger partial charge is 0.494 e. The first-order chi connectivity index (χ1) is 14.1. The summed E-state index contributed by atoms with van der Waals surface area (Å²) in [4.78, 5) is 24.8. The lowest BCUT2D eigenvalue weighted by Gasteiger charge is -2.14. The molecule has 7 heteroatoms. The molecular weight excluding hydrogens is 392 g/mol. The van der Waals surface area contributed by atoms with E-state index in [-0.39, 0.29) is 17.9 Å². The molecule has 2 aromatic carbocycles. The number of anilines is 1. The minimum absolute atomic E-state index is 0.0707. The van der Waals surface area contributed by atoms with Crippen molar-refractivity contribution in [3.8, 4) is 5.75 Å². The van der Waals surface area contributed by atoms with Crippen molar-refractivity contribution in [2.24, 2.45) is 0 Å². The van der Waals surface area contributed by atoms with Gasteiger partial charge in [0.1, 0.15) is 5.75 Å². The van der Waals surface area contributed by atoms with Crippen LogP contribution >= 0.6 is 11.6 Å². The van der Waals surface area contributed by atoms with Crippen LogP contribution in [-0.2, 0) is 9.53 Å². The van der Waals surface area contributed by atoms with Crippen molar-refractivity contribution in [1.82, 2.24) is 5.32 Å². The summed E-state index contributed by atoms with van der Waals surface area (Å²) < 4.78 is 11.1. The Bertz CT molecular complexity index is 820. The van der Waals surface area contributed by atoms with Gasteiger partial charge in [-0.05, 0) is 55.7 Å². The standard InChI is InChI=1S/C22H25ClN2O4/c23-16-9-11-17(12-10-16)28-14-4-8-21(26)25-20-7-2-1-6-19(20)22(27)24-15-18-5-3-13-29-18/h1-2,6-7,9-12,18H,3-5,8,13-15H2,(H,24,27)(H,25,26)/t18-/m1/s1. The number of rotatable bonds is 9. The lowest BCUT2D eigenvalue weighted by molar-refractivity contribution is -0.116. The van der Waals surface area contributed by atoms with Gasteiger partial charge in [0, 0.05) is 24.6 Å². The van der Waals surface area contributed by atoms with Gasteiger partial charge in [0.2, 0.25) is 5.91 Å². The van der Waals surface area contributed by atoms with Crippen LogP contribution in [0.5, 0.6) is 5.75 Å². The summed E-state index contributed by atoms with van der Waals surface area (Å²) in [5, 5.41) is 6.35. The Morgan fingerprint density at radius 1 is 1.14 bits per heavy atom. The van der Waals surface area contributed by atoms with E-state index in [0.29, 0.717) is 48.0 Å². The van der Waals surface area contributed by atoms with Gasteiger partial charge in [-0.1, -0.05) is 23.7 Å². The third-order valence-corrected chi connectivity index (χ3v) is 4.84. The van der Waals surface area contributed by atoms with Gasteiger partial charge >= 0.3 is 0 Å². The van der Waals surface area contributed by atoms with Gasteiger partial charge in [0.25, 0.3) is 5.91 Å². The number of carbonyl (C=O) groups excluding carboxylic acids is 2. The Morgan fingerprint density at radius 3 is 2.69 bits per heavy atom. The molecule has 1 aliphatic rings. The third-order valence-electron chi connectivity index (χ3n) is 4.59. The van der Waals surface area contributed by atoms with Crippen LogP contribution in [0.1, 0.15) is 36.0 Å². The molecule has 0 radical (unpaired) electrons. The number of hydrogen-bond acceptors (Lipinski definition) is 4. The van der Waals surface area contributed by atoms with E-state index in [1.807, 2.05) is 0 Å². The van der Waals surface area contributed by atoms with Crippen LogP contribution in [0.4, 0.5) is 5.69 Å². The van der Waals surface area contributed by atoms with Crippen LogP contribution in [0, 0.1) is 0 Å². The van der Waals surface area contributed by atoms with Crippen LogP contribution in [0.2, 0.25) is 5.02 Å². The zero-order valence-corrected chi connectivity index (χ0v) is 16.9. The number of halogens is 1. The molecule has 6 nitrogen and oxygen atoms in total. The molecule has 1 heterocycles. The molecule has 0 unspecified atom stereocenters. The first-order valence-electron chi connectivity index (χ1n) is 9.79. The predicted molar refractivity (Wildman–Crippen MR) is 113 cm³/mol. The van der Waals surface area contributed by atoms with Crippen molar-refractivity contribution in [2.45, 2.75) is 31.8 Å². The van der Waals surface area contributed by atoms with E-state index >= 15 is 0 Å². The van der Waals surface area contributed by atoms with Crippen molar-refractivity contribution >= 4 is 29.1 Å². The van der Waals surface area contributed by atoms with Gasteiger partial charge < -0.3 is 20.1 Å². The Kier molecular flexibility index (Phi) is 7.90. The molecule has 0 saturated carbocycles. The fraction of sp³-hybridized carbons (Fsp3) is 0.364. The van der Waals surface area contributed by atoms with Gasteiger partial charge in [-0.2, -0.15) is 0 Å². The van der Waals surface area contributed by atoms with E-state index in [4.69, 9.17) is 21.1 Å². The highest BCUT2D eigenvalue weighted by Gasteiger charge is 2.18. The normalized spacial score (nSPS) is 15.7. The average molecular weight is 417 g/mol. The summed E-state index contributed by atoms with van der Waals surface area (Å²) >= 11 is 5.84. The number of ether oxygens (including phenoxy) is 2. The number of carbonyl (C=O) groups is 2. The smallest absolute Gasteiger partial charge is 0.253 e. The van der Waals surface area contributed by atoms with Gasteiger partial charge in [-0.25, -0.2) is 0 Å². The molecular formula is C22H25ClN2O4. The summed E-state index contributed by atoms with van der Waals surface area (Å²) in [6.45, 7) is 1.64. The van der Waals surface area contributed by atoms with Crippen LogP contribution in [0.25, 0.3) is 0 Å². The monoisotopic (exact) mass is 416 g/mol. The predicted octanol–water partition coefficient (Wildman–Crippen LogP) is 4.05. The van der Waals surface area contributed by atoms with E-state index in [1.165, 1.54) is 0 Å². The van der Waals surface area contributed by atoms with Crippen LogP contribution in [-0.4, -0.2) is 37.7 Å². The zero-order valence-electron chi connectivity index (χ0n) is 16.2. The molecule has 2 aromatic rings. The maximum Gasteiger partial charge on any atom is 0.253 e. The second-order valence-corrected chi connectivity index (χ2v) is 7.28. The number of nitrogens with one attached hydrogen (secondary N) is 2. The average Bonchev–Trinajstić information content (AvgIpc) is 3.25. The fourth-order valence-electron chi connectivity index (χ4n) is 3.06. The topological polar surface area (TPSA) is 76.7 Å². The van der Waals surface area contributed by atoms with Gasteiger partial charge in [-0.3, -0.25) is 9.59 Å². The highest BCUT2D eigenvalue weighted by molar-refractivity contribution is 6.30. The van der Waals surface area contributed by atoms with Crippen molar-refractivity contribution in [1.29, 1.82) is 0 Å². The van der Waals surface area contributed by atoms with Crippen molar-refractivity contribution in [3.63, 3.8) is 0 Å². The number of benzene rings is 2. The fourth-order valence-corrected chi connectivity index (χ4v) is 3.19. The lowest BCUT2D eigenvalue weighted by Crippen LogP contribution is -2.32. The van der Waals surface area contributed by atoms with Crippen LogP contribution < -0.4 is 15.4 Å². The Balaban J connectivity index is 1.44. The maximum atomic E-state index is 12.5. The first kappa shape index (κ1) is 21.1. The molecule has 1 atom stereocenters. The van der Waals surface area contributed by atoms with Crippen molar-refractivity contribution in [3.05, 3.63) is 59.1 Å².